The van der Waals surface area contributed by atoms with Crippen LogP contribution in [0, 0.1) is 19.8 Å². The number of carbonyl (C=O) groups is 1. The van der Waals surface area contributed by atoms with Gasteiger partial charge in [0.1, 0.15) is 0 Å². The summed E-state index contributed by atoms with van der Waals surface area (Å²) >= 11 is 0. The standard InChI is InChI=1S/C16H23NO2/c1-12-5-6-15(8-13(12)2)11-17-7-3-4-14(10-17)9-16(18)19/h5-6,8,14H,3-4,7,9-11H2,1-2H3,(H,18,19). The zero-order chi connectivity index (χ0) is 13.8. The molecule has 19 heavy (non-hydrogen) atoms. The summed E-state index contributed by atoms with van der Waals surface area (Å²) in [4.78, 5) is 13.2. The first kappa shape index (κ1) is 14.1. The third-order valence-electron chi connectivity index (χ3n) is 4.04. The van der Waals surface area contributed by atoms with Crippen molar-refractivity contribution in [3.63, 3.8) is 0 Å². The van der Waals surface area contributed by atoms with Gasteiger partial charge in [-0.05, 0) is 55.8 Å². The molecule has 0 radical (unpaired) electrons. The van der Waals surface area contributed by atoms with Gasteiger partial charge in [0.15, 0.2) is 0 Å². The van der Waals surface area contributed by atoms with Gasteiger partial charge in [-0.15, -0.1) is 0 Å². The topological polar surface area (TPSA) is 40.5 Å². The molecule has 0 spiro atoms. The van der Waals surface area contributed by atoms with Crippen LogP contribution in [0.1, 0.15) is 36.0 Å². The van der Waals surface area contributed by atoms with Crippen LogP contribution in [-0.2, 0) is 11.3 Å². The molecule has 0 aliphatic carbocycles. The van der Waals surface area contributed by atoms with E-state index in [2.05, 4.69) is 36.9 Å². The zero-order valence-electron chi connectivity index (χ0n) is 11.9. The zero-order valence-corrected chi connectivity index (χ0v) is 11.9. The number of nitrogens with zero attached hydrogens (tertiary/aromatic N) is 1. The molecule has 1 aliphatic heterocycles. The van der Waals surface area contributed by atoms with Crippen LogP contribution in [0.5, 0.6) is 0 Å². The Labute approximate surface area is 115 Å². The van der Waals surface area contributed by atoms with Gasteiger partial charge >= 0.3 is 5.97 Å². The molecule has 2 rings (SSSR count). The van der Waals surface area contributed by atoms with Crippen molar-refractivity contribution in [2.24, 2.45) is 5.92 Å². The van der Waals surface area contributed by atoms with Crippen LogP contribution in [0.2, 0.25) is 0 Å². The molecule has 1 aliphatic rings. The number of carboxylic acids is 1. The van der Waals surface area contributed by atoms with Gasteiger partial charge in [-0.3, -0.25) is 9.69 Å². The Kier molecular flexibility index (Phi) is 4.59. The van der Waals surface area contributed by atoms with Crippen molar-refractivity contribution in [3.8, 4) is 0 Å². The summed E-state index contributed by atoms with van der Waals surface area (Å²) in [5, 5.41) is 8.89. The molecule has 104 valence electrons. The molecule has 1 atom stereocenters. The van der Waals surface area contributed by atoms with Crippen LogP contribution in [0.25, 0.3) is 0 Å². The Morgan fingerprint density at radius 3 is 2.84 bits per heavy atom. The Hall–Kier alpha value is -1.35. The van der Waals surface area contributed by atoms with Crippen LogP contribution in [0.4, 0.5) is 0 Å². The molecule has 3 nitrogen and oxygen atoms in total. The van der Waals surface area contributed by atoms with Crippen molar-refractivity contribution >= 4 is 5.97 Å². The van der Waals surface area contributed by atoms with Gasteiger partial charge < -0.3 is 5.11 Å². The van der Waals surface area contributed by atoms with Gasteiger partial charge in [0.05, 0.1) is 0 Å². The molecule has 0 aromatic heterocycles. The van der Waals surface area contributed by atoms with Crippen molar-refractivity contribution in [2.45, 2.75) is 39.7 Å². The third-order valence-corrected chi connectivity index (χ3v) is 4.04. The number of hydrogen-bond donors (Lipinski definition) is 1. The Bertz CT molecular complexity index is 456. The van der Waals surface area contributed by atoms with Crippen LogP contribution in [0.15, 0.2) is 18.2 Å². The minimum atomic E-state index is -0.668. The monoisotopic (exact) mass is 261 g/mol. The number of aliphatic carboxylic acids is 1. The average Bonchev–Trinajstić information content (AvgIpc) is 2.33. The van der Waals surface area contributed by atoms with E-state index in [0.29, 0.717) is 12.3 Å². The highest BCUT2D eigenvalue weighted by molar-refractivity contribution is 5.67. The molecule has 0 bridgehead atoms. The van der Waals surface area contributed by atoms with E-state index in [1.54, 1.807) is 0 Å². The number of aryl methyl sites for hydroxylation is 2. The predicted octanol–water partition coefficient (Wildman–Crippen LogP) is 2.99. The van der Waals surface area contributed by atoms with Gasteiger partial charge in [0.2, 0.25) is 0 Å². The lowest BCUT2D eigenvalue weighted by molar-refractivity contribution is -0.138. The second-order valence-corrected chi connectivity index (χ2v) is 5.76. The molecule has 1 fully saturated rings. The highest BCUT2D eigenvalue weighted by Crippen LogP contribution is 2.21. The summed E-state index contributed by atoms with van der Waals surface area (Å²) in [7, 11) is 0. The quantitative estimate of drug-likeness (QED) is 0.905. The minimum absolute atomic E-state index is 0.309. The van der Waals surface area contributed by atoms with Gasteiger partial charge in [-0.2, -0.15) is 0 Å². The van der Waals surface area contributed by atoms with Gasteiger partial charge in [0.25, 0.3) is 0 Å². The fourth-order valence-electron chi connectivity index (χ4n) is 2.87. The van der Waals surface area contributed by atoms with E-state index >= 15 is 0 Å². The highest BCUT2D eigenvalue weighted by atomic mass is 16.4. The van der Waals surface area contributed by atoms with Crippen molar-refractivity contribution in [3.05, 3.63) is 34.9 Å². The van der Waals surface area contributed by atoms with E-state index in [9.17, 15) is 4.79 Å². The lowest BCUT2D eigenvalue weighted by atomic mass is 9.94. The van der Waals surface area contributed by atoms with Crippen LogP contribution in [0.3, 0.4) is 0 Å². The normalized spacial score (nSPS) is 20.4. The van der Waals surface area contributed by atoms with Crippen LogP contribution >= 0.6 is 0 Å². The lowest BCUT2D eigenvalue weighted by Crippen LogP contribution is -2.35. The molecule has 0 saturated carbocycles. The molecule has 1 saturated heterocycles. The minimum Gasteiger partial charge on any atom is -0.481 e. The Morgan fingerprint density at radius 1 is 1.37 bits per heavy atom. The van der Waals surface area contributed by atoms with E-state index < -0.39 is 5.97 Å². The van der Waals surface area contributed by atoms with Crippen LogP contribution < -0.4 is 0 Å². The number of hydrogen-bond acceptors (Lipinski definition) is 2. The second-order valence-electron chi connectivity index (χ2n) is 5.76. The first-order valence-electron chi connectivity index (χ1n) is 7.05. The molecule has 0 amide bonds. The molecule has 1 heterocycles. The smallest absolute Gasteiger partial charge is 0.303 e. The molecule has 1 aromatic carbocycles. The summed E-state index contributed by atoms with van der Waals surface area (Å²) in [6.45, 7) is 7.21. The average molecular weight is 261 g/mol. The number of carboxylic acid groups (broad SMARTS) is 1. The number of likely N-dealkylation sites (tertiary alicyclic amines) is 1. The maximum absolute atomic E-state index is 10.8. The Balaban J connectivity index is 1.94. The van der Waals surface area contributed by atoms with Crippen molar-refractivity contribution < 1.29 is 9.90 Å². The third kappa shape index (κ3) is 4.06. The summed E-state index contributed by atoms with van der Waals surface area (Å²) in [5.74, 6) is -0.351. The van der Waals surface area contributed by atoms with E-state index in [0.717, 1.165) is 32.5 Å². The highest BCUT2D eigenvalue weighted by Gasteiger charge is 2.21. The van der Waals surface area contributed by atoms with Gasteiger partial charge in [0, 0.05) is 19.5 Å². The maximum Gasteiger partial charge on any atom is 0.303 e. The SMILES string of the molecule is Cc1ccc(CN2CCCC(CC(=O)O)C2)cc1C. The van der Waals surface area contributed by atoms with Crippen molar-refractivity contribution in [1.29, 1.82) is 0 Å². The molecular weight excluding hydrogens is 238 g/mol. The van der Waals surface area contributed by atoms with Crippen LogP contribution in [-0.4, -0.2) is 29.1 Å². The summed E-state index contributed by atoms with van der Waals surface area (Å²) in [5.41, 5.74) is 3.99. The maximum atomic E-state index is 10.8. The van der Waals surface area contributed by atoms with E-state index in [1.807, 2.05) is 0 Å². The van der Waals surface area contributed by atoms with E-state index in [-0.39, 0.29) is 0 Å². The summed E-state index contributed by atoms with van der Waals surface area (Å²) < 4.78 is 0. The molecular formula is C16H23NO2. The summed E-state index contributed by atoms with van der Waals surface area (Å²) in [6.07, 6.45) is 2.47. The van der Waals surface area contributed by atoms with E-state index in [1.165, 1.54) is 16.7 Å². The van der Waals surface area contributed by atoms with Crippen molar-refractivity contribution in [2.75, 3.05) is 13.1 Å². The first-order valence-corrected chi connectivity index (χ1v) is 7.05. The number of benzene rings is 1. The lowest BCUT2D eigenvalue weighted by Gasteiger charge is -2.32. The van der Waals surface area contributed by atoms with E-state index in [4.69, 9.17) is 5.11 Å². The molecule has 3 heteroatoms. The molecule has 1 unspecified atom stereocenters. The second kappa shape index (κ2) is 6.20. The molecule has 1 aromatic rings. The fraction of sp³-hybridized carbons (Fsp3) is 0.562. The Morgan fingerprint density at radius 2 is 2.16 bits per heavy atom. The predicted molar refractivity (Wildman–Crippen MR) is 76.2 cm³/mol. The number of rotatable bonds is 4. The van der Waals surface area contributed by atoms with Gasteiger partial charge in [-0.1, -0.05) is 18.2 Å². The summed E-state index contributed by atoms with van der Waals surface area (Å²) in [6, 6.07) is 6.60. The fourth-order valence-corrected chi connectivity index (χ4v) is 2.87. The largest absolute Gasteiger partial charge is 0.481 e. The van der Waals surface area contributed by atoms with Gasteiger partial charge in [-0.25, -0.2) is 0 Å². The molecule has 1 N–H and O–H groups in total. The first-order chi connectivity index (χ1) is 9.04. The number of piperidine rings is 1. The van der Waals surface area contributed by atoms with Crippen molar-refractivity contribution in [1.82, 2.24) is 4.90 Å².